The van der Waals surface area contributed by atoms with Gasteiger partial charge in [0.2, 0.25) is 6.79 Å². The second-order valence-corrected chi connectivity index (χ2v) is 5.45. The van der Waals surface area contributed by atoms with E-state index in [2.05, 4.69) is 0 Å². The molecular weight excluding hydrogens is 349 g/mol. The van der Waals surface area contributed by atoms with Crippen LogP contribution in [0.3, 0.4) is 0 Å². The summed E-state index contributed by atoms with van der Waals surface area (Å²) in [5.74, 6) is 1.61. The average molecular weight is 361 g/mol. The van der Waals surface area contributed by atoms with Gasteiger partial charge in [-0.05, 0) is 47.5 Å². The molecule has 3 rings (SSSR count). The highest BCUT2D eigenvalue weighted by Gasteiger charge is 2.12. The van der Waals surface area contributed by atoms with Crippen molar-refractivity contribution in [2.24, 2.45) is 5.73 Å². The fourth-order valence-corrected chi connectivity index (χ4v) is 2.10. The molecule has 22 heavy (non-hydrogen) atoms. The molecule has 0 aliphatic carbocycles. The molecule has 0 bridgehead atoms. The van der Waals surface area contributed by atoms with Crippen molar-refractivity contribution < 1.29 is 14.3 Å². The Kier molecular flexibility index (Phi) is 5.91. The van der Waals surface area contributed by atoms with Crippen molar-refractivity contribution in [3.05, 3.63) is 57.6 Å². The first-order valence-corrected chi connectivity index (χ1v) is 7.38. The highest BCUT2D eigenvalue weighted by molar-refractivity contribution is 6.67. The van der Waals surface area contributed by atoms with Crippen molar-refractivity contribution in [2.45, 2.75) is 6.54 Å². The number of hydrogen-bond donors (Lipinski definition) is 1. The lowest BCUT2D eigenvalue weighted by atomic mass is 10.2. The summed E-state index contributed by atoms with van der Waals surface area (Å²) < 4.78 is 10.3. The summed E-state index contributed by atoms with van der Waals surface area (Å²) in [5.41, 5.74) is 6.86. The van der Waals surface area contributed by atoms with Crippen molar-refractivity contribution in [1.82, 2.24) is 0 Å². The SMILES string of the molecule is NCc1ccc2c(c1)OCO2.O=C(Cl)c1ccc(Cl)c(Cl)c1. The number of ether oxygens (including phenoxy) is 2. The largest absolute Gasteiger partial charge is 0.454 e. The average Bonchev–Trinajstić information content (AvgIpc) is 2.97. The van der Waals surface area contributed by atoms with Gasteiger partial charge in [0, 0.05) is 12.1 Å². The molecule has 116 valence electrons. The van der Waals surface area contributed by atoms with E-state index >= 15 is 0 Å². The lowest BCUT2D eigenvalue weighted by Crippen LogP contribution is -1.95. The lowest BCUT2D eigenvalue weighted by molar-refractivity contribution is 0.108. The molecule has 7 heteroatoms. The molecule has 0 spiro atoms. The van der Waals surface area contributed by atoms with Gasteiger partial charge in [-0.2, -0.15) is 0 Å². The second kappa shape index (κ2) is 7.70. The van der Waals surface area contributed by atoms with Crippen LogP contribution >= 0.6 is 34.8 Å². The van der Waals surface area contributed by atoms with E-state index in [0.717, 1.165) is 17.1 Å². The third-order valence-corrected chi connectivity index (χ3v) is 3.78. The van der Waals surface area contributed by atoms with E-state index in [1.807, 2.05) is 18.2 Å². The molecule has 0 saturated carbocycles. The van der Waals surface area contributed by atoms with Crippen LogP contribution in [-0.2, 0) is 6.54 Å². The number of fused-ring (bicyclic) bond motifs is 1. The third-order valence-electron chi connectivity index (χ3n) is 2.82. The summed E-state index contributed by atoms with van der Waals surface area (Å²) >= 11 is 16.4. The molecule has 2 aromatic carbocycles. The van der Waals surface area contributed by atoms with Gasteiger partial charge in [0.05, 0.1) is 10.0 Å². The van der Waals surface area contributed by atoms with E-state index in [4.69, 9.17) is 50.0 Å². The smallest absolute Gasteiger partial charge is 0.252 e. The zero-order valence-corrected chi connectivity index (χ0v) is 13.6. The number of hydrogen-bond acceptors (Lipinski definition) is 4. The van der Waals surface area contributed by atoms with E-state index in [1.165, 1.54) is 18.2 Å². The molecule has 0 amide bonds. The van der Waals surface area contributed by atoms with Crippen LogP contribution in [0.25, 0.3) is 0 Å². The minimum Gasteiger partial charge on any atom is -0.454 e. The van der Waals surface area contributed by atoms with Crippen molar-refractivity contribution >= 4 is 40.0 Å². The molecule has 0 fully saturated rings. The maximum Gasteiger partial charge on any atom is 0.252 e. The zero-order valence-electron chi connectivity index (χ0n) is 11.3. The van der Waals surface area contributed by atoms with Crippen LogP contribution in [0.1, 0.15) is 15.9 Å². The van der Waals surface area contributed by atoms with E-state index in [-0.39, 0.29) is 0 Å². The Hall–Kier alpha value is -1.46. The van der Waals surface area contributed by atoms with Crippen LogP contribution in [0.5, 0.6) is 11.5 Å². The Morgan fingerprint density at radius 1 is 1.05 bits per heavy atom. The minimum atomic E-state index is -0.538. The van der Waals surface area contributed by atoms with Crippen LogP contribution in [0.4, 0.5) is 0 Å². The number of benzene rings is 2. The summed E-state index contributed by atoms with van der Waals surface area (Å²) in [4.78, 5) is 10.6. The summed E-state index contributed by atoms with van der Waals surface area (Å²) in [6, 6.07) is 10.2. The standard InChI is InChI=1S/C8H9NO2.C7H3Cl3O/c9-4-6-1-2-7-8(3-6)11-5-10-7;8-5-2-1-4(7(10)11)3-6(5)9/h1-3H,4-5,9H2;1-3H. The van der Waals surface area contributed by atoms with Crippen LogP contribution in [0, 0.1) is 0 Å². The first-order chi connectivity index (χ1) is 10.5. The Morgan fingerprint density at radius 3 is 2.41 bits per heavy atom. The molecule has 2 N–H and O–H groups in total. The van der Waals surface area contributed by atoms with Crippen molar-refractivity contribution in [3.8, 4) is 11.5 Å². The van der Waals surface area contributed by atoms with Gasteiger partial charge in [0.15, 0.2) is 11.5 Å². The van der Waals surface area contributed by atoms with Crippen molar-refractivity contribution in [1.29, 1.82) is 0 Å². The summed E-state index contributed by atoms with van der Waals surface area (Å²) in [6.07, 6.45) is 0. The fraction of sp³-hybridized carbons (Fsp3) is 0.133. The molecule has 0 radical (unpaired) electrons. The maximum atomic E-state index is 10.6. The number of halogens is 3. The first-order valence-electron chi connectivity index (χ1n) is 6.24. The van der Waals surface area contributed by atoms with E-state index in [9.17, 15) is 4.79 Å². The number of carbonyl (C=O) groups is 1. The highest BCUT2D eigenvalue weighted by atomic mass is 35.5. The first kappa shape index (κ1) is 16.9. The minimum absolute atomic E-state index is 0.323. The Bertz CT molecular complexity index is 692. The van der Waals surface area contributed by atoms with Crippen molar-refractivity contribution in [2.75, 3.05) is 6.79 Å². The lowest BCUT2D eigenvalue weighted by Gasteiger charge is -1.97. The molecule has 0 unspecified atom stereocenters. The summed E-state index contributed by atoms with van der Waals surface area (Å²) in [7, 11) is 0. The third kappa shape index (κ3) is 4.27. The van der Waals surface area contributed by atoms with Gasteiger partial charge in [-0.15, -0.1) is 0 Å². The Labute approximate surface area is 142 Å². The monoisotopic (exact) mass is 359 g/mol. The molecule has 4 nitrogen and oxygen atoms in total. The van der Waals surface area contributed by atoms with E-state index < -0.39 is 5.24 Å². The van der Waals surface area contributed by atoms with Crippen LogP contribution in [0.15, 0.2) is 36.4 Å². The molecule has 2 aromatic rings. The number of nitrogens with two attached hydrogens (primary N) is 1. The predicted octanol–water partition coefficient (Wildman–Crippen LogP) is 4.25. The molecule has 0 saturated heterocycles. The van der Waals surface area contributed by atoms with Gasteiger partial charge < -0.3 is 15.2 Å². The van der Waals surface area contributed by atoms with Gasteiger partial charge in [-0.3, -0.25) is 4.79 Å². The predicted molar refractivity (Wildman–Crippen MR) is 87.1 cm³/mol. The van der Waals surface area contributed by atoms with Gasteiger partial charge in [-0.1, -0.05) is 29.3 Å². The normalized spacial score (nSPS) is 11.6. The van der Waals surface area contributed by atoms with Gasteiger partial charge >= 0.3 is 0 Å². The summed E-state index contributed by atoms with van der Waals surface area (Å²) in [6.45, 7) is 0.861. The molecule has 0 aromatic heterocycles. The number of carbonyl (C=O) groups excluding carboxylic acids is 1. The van der Waals surface area contributed by atoms with Crippen LogP contribution < -0.4 is 15.2 Å². The van der Waals surface area contributed by atoms with Crippen LogP contribution in [0.2, 0.25) is 10.0 Å². The van der Waals surface area contributed by atoms with Gasteiger partial charge in [0.25, 0.3) is 5.24 Å². The van der Waals surface area contributed by atoms with Gasteiger partial charge in [-0.25, -0.2) is 0 Å². The summed E-state index contributed by atoms with van der Waals surface area (Å²) in [5, 5.41) is 0.204. The number of rotatable bonds is 2. The van der Waals surface area contributed by atoms with Crippen molar-refractivity contribution in [3.63, 3.8) is 0 Å². The van der Waals surface area contributed by atoms with E-state index in [0.29, 0.717) is 28.9 Å². The quantitative estimate of drug-likeness (QED) is 0.813. The molecule has 1 aliphatic rings. The molecule has 1 heterocycles. The van der Waals surface area contributed by atoms with E-state index in [1.54, 1.807) is 0 Å². The molecule has 0 atom stereocenters. The topological polar surface area (TPSA) is 61.6 Å². The Morgan fingerprint density at radius 2 is 1.77 bits per heavy atom. The van der Waals surface area contributed by atoms with Gasteiger partial charge in [0.1, 0.15) is 0 Å². The molecular formula is C15H12Cl3NO3. The zero-order chi connectivity index (χ0) is 16.1. The second-order valence-electron chi connectivity index (χ2n) is 4.29. The van der Waals surface area contributed by atoms with Crippen LogP contribution in [-0.4, -0.2) is 12.0 Å². The molecule has 1 aliphatic heterocycles. The fourth-order valence-electron chi connectivity index (χ4n) is 1.69. The Balaban J connectivity index is 0.000000160. The maximum absolute atomic E-state index is 10.6. The highest BCUT2D eigenvalue weighted by Crippen LogP contribution is 2.32.